The van der Waals surface area contributed by atoms with Crippen molar-refractivity contribution in [3.05, 3.63) is 57.5 Å². The van der Waals surface area contributed by atoms with Crippen molar-refractivity contribution < 1.29 is 13.2 Å². The molecule has 0 unspecified atom stereocenters. The Kier molecular flexibility index (Phi) is 4.95. The van der Waals surface area contributed by atoms with Gasteiger partial charge in [0.1, 0.15) is 0 Å². The summed E-state index contributed by atoms with van der Waals surface area (Å²) in [5.41, 5.74) is 0.374. The molecular formula is C15H15F3N2OS. The minimum atomic E-state index is -4.35. The van der Waals surface area contributed by atoms with Gasteiger partial charge in [0.15, 0.2) is 5.16 Å². The van der Waals surface area contributed by atoms with Crippen LogP contribution in [0.4, 0.5) is 13.2 Å². The molecule has 0 fully saturated rings. The normalized spacial score (nSPS) is 11.7. The predicted octanol–water partition coefficient (Wildman–Crippen LogP) is 3.65. The number of hydrogen-bond donors (Lipinski definition) is 0. The first kappa shape index (κ1) is 16.6. The molecule has 22 heavy (non-hydrogen) atoms. The van der Waals surface area contributed by atoms with Crippen LogP contribution in [0.15, 0.2) is 40.3 Å². The molecule has 0 aliphatic rings. The molecule has 1 aromatic heterocycles. The summed E-state index contributed by atoms with van der Waals surface area (Å²) in [6.07, 6.45) is -3.72. The summed E-state index contributed by atoms with van der Waals surface area (Å²) in [7, 11) is 1.60. The number of thioether (sulfide) groups is 1. The van der Waals surface area contributed by atoms with Gasteiger partial charge in [-0.1, -0.05) is 36.9 Å². The molecule has 7 heteroatoms. The fourth-order valence-electron chi connectivity index (χ4n) is 1.86. The van der Waals surface area contributed by atoms with Crippen molar-refractivity contribution in [3.8, 4) is 0 Å². The van der Waals surface area contributed by atoms with Gasteiger partial charge >= 0.3 is 6.18 Å². The van der Waals surface area contributed by atoms with Crippen LogP contribution in [0.1, 0.15) is 23.7 Å². The van der Waals surface area contributed by atoms with Crippen LogP contribution in [0.3, 0.4) is 0 Å². The van der Waals surface area contributed by atoms with Crippen molar-refractivity contribution in [2.75, 3.05) is 0 Å². The zero-order valence-electron chi connectivity index (χ0n) is 12.1. The molecule has 2 aromatic rings. The van der Waals surface area contributed by atoms with E-state index in [-0.39, 0.29) is 5.56 Å². The second-order valence-corrected chi connectivity index (χ2v) is 5.71. The van der Waals surface area contributed by atoms with Gasteiger partial charge in [0.25, 0.3) is 5.56 Å². The average Bonchev–Trinajstić information content (AvgIpc) is 2.48. The molecule has 0 aliphatic carbocycles. The van der Waals surface area contributed by atoms with Crippen molar-refractivity contribution >= 4 is 11.8 Å². The molecule has 0 bridgehead atoms. The Hall–Kier alpha value is -1.76. The first-order chi connectivity index (χ1) is 10.3. The first-order valence-corrected chi connectivity index (χ1v) is 7.65. The Morgan fingerprint density at radius 3 is 2.64 bits per heavy atom. The van der Waals surface area contributed by atoms with E-state index in [1.165, 1.54) is 28.5 Å². The van der Waals surface area contributed by atoms with Crippen LogP contribution >= 0.6 is 11.8 Å². The number of alkyl halides is 3. The Labute approximate surface area is 130 Å². The summed E-state index contributed by atoms with van der Waals surface area (Å²) in [5.74, 6) is 0.317. The van der Waals surface area contributed by atoms with Crippen molar-refractivity contribution in [1.29, 1.82) is 0 Å². The second-order valence-electron chi connectivity index (χ2n) is 4.77. The lowest BCUT2D eigenvalue weighted by Crippen LogP contribution is -2.20. The highest BCUT2D eigenvalue weighted by Gasteiger charge is 2.30. The van der Waals surface area contributed by atoms with Crippen molar-refractivity contribution in [3.63, 3.8) is 0 Å². The quantitative estimate of drug-likeness (QED) is 0.635. The number of nitrogens with zero attached hydrogens (tertiary/aromatic N) is 2. The van der Waals surface area contributed by atoms with Gasteiger partial charge < -0.3 is 0 Å². The van der Waals surface area contributed by atoms with Gasteiger partial charge in [0.05, 0.1) is 5.56 Å². The van der Waals surface area contributed by atoms with Crippen LogP contribution in [0, 0.1) is 0 Å². The first-order valence-electron chi connectivity index (χ1n) is 6.67. The lowest BCUT2D eigenvalue weighted by atomic mass is 10.1. The molecule has 1 heterocycles. The highest BCUT2D eigenvalue weighted by Crippen LogP contribution is 2.30. The molecule has 0 saturated carbocycles. The largest absolute Gasteiger partial charge is 0.416 e. The topological polar surface area (TPSA) is 34.9 Å². The van der Waals surface area contributed by atoms with E-state index in [9.17, 15) is 18.0 Å². The van der Waals surface area contributed by atoms with Crippen LogP contribution in [0.5, 0.6) is 0 Å². The molecule has 2 rings (SSSR count). The standard InChI is InChI=1S/C15H15F3N2OS/c1-3-12-8-13(21)20(2)14(19-12)22-9-10-5-4-6-11(7-10)15(16,17)18/h4-8H,3,9H2,1-2H3. The third-order valence-electron chi connectivity index (χ3n) is 3.13. The van der Waals surface area contributed by atoms with Gasteiger partial charge in [-0.25, -0.2) is 4.98 Å². The molecular weight excluding hydrogens is 313 g/mol. The van der Waals surface area contributed by atoms with E-state index in [4.69, 9.17) is 0 Å². The number of aromatic nitrogens is 2. The number of rotatable bonds is 4. The predicted molar refractivity (Wildman–Crippen MR) is 79.9 cm³/mol. The van der Waals surface area contributed by atoms with Crippen molar-refractivity contribution in [2.24, 2.45) is 7.05 Å². The molecule has 0 aliphatic heterocycles. The number of hydrogen-bond acceptors (Lipinski definition) is 3. The van der Waals surface area contributed by atoms with Crippen LogP contribution < -0.4 is 5.56 Å². The maximum Gasteiger partial charge on any atom is 0.416 e. The summed E-state index contributed by atoms with van der Waals surface area (Å²) in [6.45, 7) is 1.89. The smallest absolute Gasteiger partial charge is 0.291 e. The van der Waals surface area contributed by atoms with E-state index < -0.39 is 11.7 Å². The number of aryl methyl sites for hydroxylation is 1. The molecule has 0 N–H and O–H groups in total. The number of halogens is 3. The molecule has 1 aromatic carbocycles. The van der Waals surface area contributed by atoms with E-state index in [0.717, 1.165) is 12.1 Å². The second kappa shape index (κ2) is 6.56. The highest BCUT2D eigenvalue weighted by molar-refractivity contribution is 7.98. The molecule has 0 radical (unpaired) electrons. The van der Waals surface area contributed by atoms with E-state index >= 15 is 0 Å². The van der Waals surface area contributed by atoms with E-state index in [1.54, 1.807) is 13.1 Å². The van der Waals surface area contributed by atoms with Crippen LogP contribution in [0.25, 0.3) is 0 Å². The Bertz CT molecular complexity index is 725. The SMILES string of the molecule is CCc1cc(=O)n(C)c(SCc2cccc(C(F)(F)F)c2)n1. The minimum Gasteiger partial charge on any atom is -0.291 e. The summed E-state index contributed by atoms with van der Waals surface area (Å²) >= 11 is 1.25. The van der Waals surface area contributed by atoms with Gasteiger partial charge in [-0.05, 0) is 18.1 Å². The third-order valence-corrected chi connectivity index (χ3v) is 4.23. The fourth-order valence-corrected chi connectivity index (χ4v) is 2.80. The maximum absolute atomic E-state index is 12.7. The molecule has 3 nitrogen and oxygen atoms in total. The molecule has 0 saturated heterocycles. The van der Waals surface area contributed by atoms with Gasteiger partial charge in [0, 0.05) is 24.6 Å². The number of benzene rings is 1. The van der Waals surface area contributed by atoms with E-state index in [0.29, 0.717) is 28.6 Å². The maximum atomic E-state index is 12.7. The Morgan fingerprint density at radius 2 is 2.00 bits per heavy atom. The van der Waals surface area contributed by atoms with Crippen molar-refractivity contribution in [1.82, 2.24) is 9.55 Å². The third kappa shape index (κ3) is 3.91. The van der Waals surface area contributed by atoms with Gasteiger partial charge in [-0.3, -0.25) is 9.36 Å². The zero-order chi connectivity index (χ0) is 16.3. The Balaban J connectivity index is 2.20. The molecule has 0 spiro atoms. The van der Waals surface area contributed by atoms with E-state index in [2.05, 4.69) is 4.98 Å². The van der Waals surface area contributed by atoms with E-state index in [1.807, 2.05) is 6.92 Å². The van der Waals surface area contributed by atoms with Gasteiger partial charge in [0.2, 0.25) is 0 Å². The van der Waals surface area contributed by atoms with Gasteiger partial charge in [-0.15, -0.1) is 0 Å². The monoisotopic (exact) mass is 328 g/mol. The minimum absolute atomic E-state index is 0.168. The molecule has 118 valence electrons. The zero-order valence-corrected chi connectivity index (χ0v) is 13.0. The van der Waals surface area contributed by atoms with Crippen LogP contribution in [-0.2, 0) is 25.4 Å². The summed E-state index contributed by atoms with van der Waals surface area (Å²) in [4.78, 5) is 16.1. The van der Waals surface area contributed by atoms with Crippen molar-refractivity contribution in [2.45, 2.75) is 30.4 Å². The summed E-state index contributed by atoms with van der Waals surface area (Å²) in [6, 6.07) is 6.64. The summed E-state index contributed by atoms with van der Waals surface area (Å²) in [5, 5.41) is 0.502. The summed E-state index contributed by atoms with van der Waals surface area (Å²) < 4.78 is 39.4. The highest BCUT2D eigenvalue weighted by atomic mass is 32.2. The van der Waals surface area contributed by atoms with Crippen LogP contribution in [-0.4, -0.2) is 9.55 Å². The van der Waals surface area contributed by atoms with Gasteiger partial charge in [-0.2, -0.15) is 13.2 Å². The lowest BCUT2D eigenvalue weighted by Gasteiger charge is -2.10. The molecule has 0 amide bonds. The Morgan fingerprint density at radius 1 is 1.27 bits per heavy atom. The fraction of sp³-hybridized carbons (Fsp3) is 0.333. The van der Waals surface area contributed by atoms with Crippen LogP contribution in [0.2, 0.25) is 0 Å². The lowest BCUT2D eigenvalue weighted by molar-refractivity contribution is -0.137. The average molecular weight is 328 g/mol. The molecule has 0 atom stereocenters.